The maximum Gasteiger partial charge on any atom is 0.410 e. The zero-order valence-corrected chi connectivity index (χ0v) is 13.0. The Kier molecular flexibility index (Phi) is 3.15. The largest absolute Gasteiger partial charge is 0.481 e. The Morgan fingerprint density at radius 1 is 1.22 bits per heavy atom. The Morgan fingerprint density at radius 2 is 1.91 bits per heavy atom. The molecule has 1 aromatic rings. The number of hydrogen-bond acceptors (Lipinski definition) is 3. The predicted octanol–water partition coefficient (Wildman–Crippen LogP) is 2.90. The van der Waals surface area contributed by atoms with E-state index in [1.165, 1.54) is 0 Å². The highest BCUT2D eigenvalue weighted by atomic mass is 16.6. The molecule has 1 aromatic carbocycles. The van der Waals surface area contributed by atoms with Gasteiger partial charge >= 0.3 is 12.1 Å². The smallest absolute Gasteiger partial charge is 0.410 e. The van der Waals surface area contributed by atoms with Crippen LogP contribution in [0.25, 0.3) is 0 Å². The summed E-state index contributed by atoms with van der Waals surface area (Å²) in [5, 5.41) is 9.22. The van der Waals surface area contributed by atoms with Crippen LogP contribution in [0.3, 0.4) is 0 Å². The van der Waals surface area contributed by atoms with Gasteiger partial charge in [-0.05, 0) is 42.6 Å². The van der Waals surface area contributed by atoms with Crippen LogP contribution < -0.4 is 0 Å². The van der Waals surface area contributed by atoms with E-state index in [2.05, 4.69) is 0 Å². The third kappa shape index (κ3) is 2.21. The van der Waals surface area contributed by atoms with Crippen molar-refractivity contribution in [2.45, 2.75) is 32.3 Å². The van der Waals surface area contributed by atoms with Crippen molar-refractivity contribution in [3.05, 3.63) is 35.9 Å². The standard InChI is InChI=1S/C18H21NO4/c20-15(21)18-10-17(11-18,12-18)14-6-7-19(8-14)16(22)23-9-13-4-2-1-3-5-13/h1-5,14H,6-12H2,(H,20,21). The molecular formula is C18H21NO4. The van der Waals surface area contributed by atoms with Crippen LogP contribution in [0.2, 0.25) is 0 Å². The van der Waals surface area contributed by atoms with Crippen LogP contribution in [0.5, 0.6) is 0 Å². The monoisotopic (exact) mass is 315 g/mol. The van der Waals surface area contributed by atoms with Crippen molar-refractivity contribution in [1.29, 1.82) is 0 Å². The number of carbonyl (C=O) groups excluding carboxylic acids is 1. The van der Waals surface area contributed by atoms with E-state index < -0.39 is 11.4 Å². The first-order chi connectivity index (χ1) is 11.0. The van der Waals surface area contributed by atoms with Gasteiger partial charge in [0.25, 0.3) is 0 Å². The summed E-state index contributed by atoms with van der Waals surface area (Å²) in [6, 6.07) is 9.66. The second-order valence-corrected chi connectivity index (χ2v) is 7.45. The van der Waals surface area contributed by atoms with Crippen molar-refractivity contribution in [2.75, 3.05) is 13.1 Å². The first kappa shape index (κ1) is 14.5. The minimum atomic E-state index is -0.642. The molecule has 1 N–H and O–H groups in total. The number of likely N-dealkylation sites (tertiary alicyclic amines) is 1. The fourth-order valence-corrected chi connectivity index (χ4v) is 4.76. The van der Waals surface area contributed by atoms with Crippen molar-refractivity contribution in [3.8, 4) is 0 Å². The Hall–Kier alpha value is -2.04. The fraction of sp³-hybridized carbons (Fsp3) is 0.556. The SMILES string of the molecule is O=C(OCc1ccccc1)N1CCC(C23CC(C(=O)O)(C2)C3)C1. The van der Waals surface area contributed by atoms with Crippen molar-refractivity contribution < 1.29 is 19.4 Å². The lowest BCUT2D eigenvalue weighted by Gasteiger charge is -2.70. The molecule has 5 rings (SSSR count). The molecule has 1 atom stereocenters. The third-order valence-electron chi connectivity index (χ3n) is 6.04. The van der Waals surface area contributed by atoms with Gasteiger partial charge in [0.15, 0.2) is 0 Å². The number of ether oxygens (including phenoxy) is 1. The third-order valence-corrected chi connectivity index (χ3v) is 6.04. The van der Waals surface area contributed by atoms with Gasteiger partial charge in [-0.2, -0.15) is 0 Å². The number of aliphatic carboxylic acids is 1. The van der Waals surface area contributed by atoms with E-state index in [0.717, 1.165) is 37.8 Å². The van der Waals surface area contributed by atoms with Crippen molar-refractivity contribution in [2.24, 2.45) is 16.7 Å². The highest BCUT2D eigenvalue weighted by molar-refractivity contribution is 5.79. The van der Waals surface area contributed by atoms with Crippen LogP contribution in [-0.4, -0.2) is 35.2 Å². The number of carboxylic acid groups (broad SMARTS) is 1. The average Bonchev–Trinajstić information content (AvgIpc) is 2.92. The number of nitrogens with zero attached hydrogens (tertiary/aromatic N) is 1. The summed E-state index contributed by atoms with van der Waals surface area (Å²) in [6.45, 7) is 1.73. The Balaban J connectivity index is 1.28. The van der Waals surface area contributed by atoms with Gasteiger partial charge in [0, 0.05) is 13.1 Å². The van der Waals surface area contributed by atoms with Gasteiger partial charge < -0.3 is 14.7 Å². The number of carbonyl (C=O) groups is 2. The van der Waals surface area contributed by atoms with E-state index in [9.17, 15) is 14.7 Å². The molecule has 0 spiro atoms. The predicted molar refractivity (Wildman–Crippen MR) is 82.7 cm³/mol. The summed E-state index contributed by atoms with van der Waals surface area (Å²) in [4.78, 5) is 25.2. The van der Waals surface area contributed by atoms with Crippen LogP contribution in [0.15, 0.2) is 30.3 Å². The highest BCUT2D eigenvalue weighted by Gasteiger charge is 2.74. The van der Waals surface area contributed by atoms with Crippen LogP contribution in [-0.2, 0) is 16.1 Å². The molecule has 5 nitrogen and oxygen atoms in total. The minimum Gasteiger partial charge on any atom is -0.481 e. The number of amides is 1. The second-order valence-electron chi connectivity index (χ2n) is 7.45. The maximum absolute atomic E-state index is 12.2. The first-order valence-corrected chi connectivity index (χ1v) is 8.22. The van der Waals surface area contributed by atoms with Crippen LogP contribution in [0.4, 0.5) is 4.79 Å². The van der Waals surface area contributed by atoms with Gasteiger partial charge in [0.05, 0.1) is 5.41 Å². The number of benzene rings is 1. The van der Waals surface area contributed by atoms with E-state index in [1.807, 2.05) is 30.3 Å². The summed E-state index contributed by atoms with van der Waals surface area (Å²) >= 11 is 0. The Bertz CT molecular complexity index is 622. The van der Waals surface area contributed by atoms with E-state index in [1.54, 1.807) is 4.90 Å². The minimum absolute atomic E-state index is 0.187. The van der Waals surface area contributed by atoms with Gasteiger partial charge in [-0.25, -0.2) is 4.79 Å². The molecule has 1 heterocycles. The van der Waals surface area contributed by atoms with Crippen molar-refractivity contribution >= 4 is 12.1 Å². The number of carboxylic acids is 1. The lowest BCUT2D eigenvalue weighted by atomic mass is 9.32. The molecule has 2 bridgehead atoms. The topological polar surface area (TPSA) is 66.8 Å². The van der Waals surface area contributed by atoms with E-state index in [0.29, 0.717) is 19.1 Å². The molecule has 3 aliphatic carbocycles. The maximum atomic E-state index is 12.2. The van der Waals surface area contributed by atoms with Crippen LogP contribution in [0.1, 0.15) is 31.2 Å². The first-order valence-electron chi connectivity index (χ1n) is 8.22. The Labute approximate surface area is 135 Å². The molecule has 122 valence electrons. The molecule has 0 aromatic heterocycles. The normalized spacial score (nSPS) is 34.4. The van der Waals surface area contributed by atoms with Crippen LogP contribution in [0, 0.1) is 16.7 Å². The van der Waals surface area contributed by atoms with E-state index >= 15 is 0 Å². The molecule has 1 saturated heterocycles. The lowest BCUT2D eigenvalue weighted by molar-refractivity contribution is -0.240. The quantitative estimate of drug-likeness (QED) is 0.927. The summed E-state index contributed by atoms with van der Waals surface area (Å²) < 4.78 is 5.39. The van der Waals surface area contributed by atoms with E-state index in [-0.39, 0.29) is 11.5 Å². The molecule has 4 fully saturated rings. The molecule has 1 unspecified atom stereocenters. The van der Waals surface area contributed by atoms with E-state index in [4.69, 9.17) is 4.74 Å². The average molecular weight is 315 g/mol. The molecule has 5 heteroatoms. The van der Waals surface area contributed by atoms with Crippen molar-refractivity contribution in [3.63, 3.8) is 0 Å². The number of rotatable bonds is 4. The molecule has 1 amide bonds. The second kappa shape index (κ2) is 4.98. The summed E-state index contributed by atoms with van der Waals surface area (Å²) in [6.07, 6.45) is 3.11. The lowest BCUT2D eigenvalue weighted by Crippen LogP contribution is -2.68. The summed E-state index contributed by atoms with van der Waals surface area (Å²) in [5.74, 6) is -0.204. The number of hydrogen-bond donors (Lipinski definition) is 1. The molecule has 1 aliphatic heterocycles. The highest BCUT2D eigenvalue weighted by Crippen LogP contribution is 2.77. The summed E-state index contributed by atoms with van der Waals surface area (Å²) in [5.41, 5.74) is 0.744. The molecule has 3 saturated carbocycles. The zero-order chi connectivity index (χ0) is 16.1. The van der Waals surface area contributed by atoms with Gasteiger partial charge in [0.1, 0.15) is 6.61 Å². The molecular weight excluding hydrogens is 294 g/mol. The summed E-state index contributed by atoms with van der Waals surface area (Å²) in [7, 11) is 0. The molecule has 23 heavy (non-hydrogen) atoms. The molecule has 4 aliphatic rings. The molecule has 0 radical (unpaired) electrons. The Morgan fingerprint density at radius 3 is 2.57 bits per heavy atom. The zero-order valence-electron chi connectivity index (χ0n) is 13.0. The van der Waals surface area contributed by atoms with Gasteiger partial charge in [-0.1, -0.05) is 30.3 Å². The van der Waals surface area contributed by atoms with Crippen molar-refractivity contribution in [1.82, 2.24) is 4.90 Å². The fourth-order valence-electron chi connectivity index (χ4n) is 4.76. The van der Waals surface area contributed by atoms with Gasteiger partial charge in [0.2, 0.25) is 0 Å². The van der Waals surface area contributed by atoms with Gasteiger partial charge in [-0.3, -0.25) is 4.79 Å². The van der Waals surface area contributed by atoms with Gasteiger partial charge in [-0.15, -0.1) is 0 Å². The van der Waals surface area contributed by atoms with Crippen LogP contribution >= 0.6 is 0 Å².